The Balaban J connectivity index is 3.10. The lowest BCUT2D eigenvalue weighted by Gasteiger charge is -2.19. The van der Waals surface area contributed by atoms with Gasteiger partial charge >= 0.3 is 0 Å². The van der Waals surface area contributed by atoms with E-state index in [4.69, 9.17) is 15.7 Å². The van der Waals surface area contributed by atoms with Crippen LogP contribution in [0.4, 0.5) is 0 Å². The van der Waals surface area contributed by atoms with E-state index in [1.165, 1.54) is 7.31 Å². The highest BCUT2D eigenvalue weighted by molar-refractivity contribution is 6.87. The Labute approximate surface area is 54.3 Å². The zero-order valence-electron chi connectivity index (χ0n) is 5.33. The molecule has 2 nitrogen and oxygen atoms in total. The summed E-state index contributed by atoms with van der Waals surface area (Å²) in [6.45, 7) is 0.649. The molecule has 8 heavy (non-hydrogen) atoms. The minimum atomic E-state index is 0.649. The molecule has 0 fully saturated rings. The summed E-state index contributed by atoms with van der Waals surface area (Å²) in [6.07, 6.45) is 0. The Morgan fingerprint density at radius 2 is 2.00 bits per heavy atom. The minimum absolute atomic E-state index is 0.649. The zero-order chi connectivity index (χ0) is 6.57. The number of hydrogen-bond donors (Lipinski definition) is 0. The molecule has 0 unspecified atom stereocenters. The second-order valence-corrected chi connectivity index (χ2v) is 1.80. The van der Waals surface area contributed by atoms with Crippen LogP contribution in [-0.4, -0.2) is 53.4 Å². The van der Waals surface area contributed by atoms with Gasteiger partial charge in [-0.05, 0) is 14.1 Å². The van der Waals surface area contributed by atoms with Crippen LogP contribution in [0.3, 0.4) is 0 Å². The summed E-state index contributed by atoms with van der Waals surface area (Å²) in [7, 11) is 15.5. The van der Waals surface area contributed by atoms with Crippen LogP contribution < -0.4 is 0 Å². The average Bonchev–Trinajstić information content (AvgIpc) is 1.65. The molecule has 39 valence electrons. The van der Waals surface area contributed by atoms with Gasteiger partial charge in [-0.25, -0.2) is 0 Å². The first-order valence-electron chi connectivity index (χ1n) is 2.38. The van der Waals surface area contributed by atoms with Crippen LogP contribution in [0.5, 0.6) is 0 Å². The van der Waals surface area contributed by atoms with Gasteiger partial charge in [-0.1, -0.05) is 0 Å². The highest BCUT2D eigenvalue weighted by Crippen LogP contribution is 1.76. The first kappa shape index (κ1) is 8.11. The highest BCUT2D eigenvalue weighted by atomic mass is 15.2. The molecule has 0 heterocycles. The fourth-order valence-electron chi connectivity index (χ4n) is 0.399. The summed E-state index contributed by atoms with van der Waals surface area (Å²) in [5, 5.41) is 0. The van der Waals surface area contributed by atoms with E-state index in [0.29, 0.717) is 6.67 Å². The summed E-state index contributed by atoms with van der Waals surface area (Å²) >= 11 is 0. The minimum Gasteiger partial charge on any atom is -0.348 e. The molecule has 0 aliphatic rings. The number of hydrogen-bond acceptors (Lipinski definition) is 2. The van der Waals surface area contributed by atoms with E-state index in [2.05, 4.69) is 0 Å². The van der Waals surface area contributed by atoms with Crippen molar-refractivity contribution in [2.45, 2.75) is 0 Å². The van der Waals surface area contributed by atoms with Gasteiger partial charge in [0.25, 0.3) is 0 Å². The third-order valence-corrected chi connectivity index (χ3v) is 0.701. The summed E-state index contributed by atoms with van der Waals surface area (Å²) in [6, 6.07) is 0. The maximum atomic E-state index is 5.28. The maximum Gasteiger partial charge on any atom is 0.183 e. The standard InChI is InChI=1S/C3H8B3N2/c1-7(5)3-8(2)6-4/h3H2,1-2H3. The molecule has 0 rings (SSSR count). The van der Waals surface area contributed by atoms with Crippen molar-refractivity contribution in [2.75, 3.05) is 20.8 Å². The molecule has 0 saturated heterocycles. The van der Waals surface area contributed by atoms with Gasteiger partial charge < -0.3 is 9.62 Å². The monoisotopic (exact) mass is 105 g/mol. The lowest BCUT2D eigenvalue weighted by Crippen LogP contribution is -2.33. The highest BCUT2D eigenvalue weighted by Gasteiger charge is 1.93. The average molecular weight is 105 g/mol. The van der Waals surface area contributed by atoms with E-state index in [-0.39, 0.29) is 0 Å². The Kier molecular flexibility index (Phi) is 4.10. The second-order valence-electron chi connectivity index (χ2n) is 1.80. The van der Waals surface area contributed by atoms with Crippen molar-refractivity contribution in [3.8, 4) is 0 Å². The summed E-state index contributed by atoms with van der Waals surface area (Å²) in [5.41, 5.74) is 0. The van der Waals surface area contributed by atoms with Crippen LogP contribution in [0.1, 0.15) is 0 Å². The fourth-order valence-corrected chi connectivity index (χ4v) is 0.399. The van der Waals surface area contributed by atoms with Crippen molar-refractivity contribution in [3.63, 3.8) is 0 Å². The third-order valence-electron chi connectivity index (χ3n) is 0.701. The molecule has 0 amide bonds. The van der Waals surface area contributed by atoms with Gasteiger partial charge in [-0.2, -0.15) is 0 Å². The molecular weight excluding hydrogens is 96.5 g/mol. The zero-order valence-corrected chi connectivity index (χ0v) is 5.33. The first-order valence-corrected chi connectivity index (χ1v) is 2.38. The largest absolute Gasteiger partial charge is 0.348 e. The van der Waals surface area contributed by atoms with Gasteiger partial charge in [0, 0.05) is 14.4 Å². The van der Waals surface area contributed by atoms with Crippen molar-refractivity contribution in [1.29, 1.82) is 0 Å². The molecule has 0 atom stereocenters. The second kappa shape index (κ2) is 4.04. The van der Waals surface area contributed by atoms with Crippen molar-refractivity contribution >= 4 is 23.0 Å². The Morgan fingerprint density at radius 1 is 1.50 bits per heavy atom. The third kappa shape index (κ3) is 4.28. The molecule has 0 bridgehead atoms. The maximum absolute atomic E-state index is 5.28. The molecule has 0 saturated carbocycles. The first-order chi connectivity index (χ1) is 3.66. The van der Waals surface area contributed by atoms with E-state index in [9.17, 15) is 0 Å². The summed E-state index contributed by atoms with van der Waals surface area (Å²) < 4.78 is 0. The van der Waals surface area contributed by atoms with E-state index < -0.39 is 0 Å². The molecule has 0 aromatic rings. The fraction of sp³-hybridized carbons (Fsp3) is 1.00. The van der Waals surface area contributed by atoms with Crippen LogP contribution >= 0.6 is 0 Å². The quantitative estimate of drug-likeness (QED) is 0.321. The van der Waals surface area contributed by atoms with Crippen molar-refractivity contribution in [1.82, 2.24) is 9.62 Å². The molecule has 5 heteroatoms. The Morgan fingerprint density at radius 3 is 2.12 bits per heavy atom. The molecule has 0 aromatic heterocycles. The molecule has 0 spiro atoms. The molecule has 5 radical (unpaired) electrons. The molecule has 0 aliphatic heterocycles. The van der Waals surface area contributed by atoms with Gasteiger partial charge in [-0.15, -0.1) is 0 Å². The van der Waals surface area contributed by atoms with Crippen LogP contribution in [0.25, 0.3) is 0 Å². The number of nitrogens with zero attached hydrogens (tertiary/aromatic N) is 2. The van der Waals surface area contributed by atoms with Crippen molar-refractivity contribution < 1.29 is 0 Å². The van der Waals surface area contributed by atoms with Gasteiger partial charge in [0.05, 0.1) is 0 Å². The van der Waals surface area contributed by atoms with Crippen LogP contribution in [0.15, 0.2) is 0 Å². The summed E-state index contributed by atoms with van der Waals surface area (Å²) in [4.78, 5) is 3.32. The molecule has 0 aromatic carbocycles. The predicted octanol–water partition coefficient (Wildman–Crippen LogP) is -1.41. The van der Waals surface area contributed by atoms with Crippen LogP contribution in [0.2, 0.25) is 0 Å². The lowest BCUT2D eigenvalue weighted by atomic mass is 9.66. The van der Waals surface area contributed by atoms with E-state index in [1.807, 2.05) is 7.05 Å². The Hall–Kier alpha value is 0.115. The topological polar surface area (TPSA) is 6.48 Å². The number of rotatable bonds is 3. The molecule has 0 N–H and O–H groups in total. The van der Waals surface area contributed by atoms with Gasteiger partial charge in [0.15, 0.2) is 7.98 Å². The van der Waals surface area contributed by atoms with Crippen LogP contribution in [-0.2, 0) is 0 Å². The smallest absolute Gasteiger partial charge is 0.183 e. The van der Waals surface area contributed by atoms with Crippen LogP contribution in [0, 0.1) is 0 Å². The predicted molar refractivity (Wildman–Crippen MR) is 37.7 cm³/mol. The van der Waals surface area contributed by atoms with E-state index in [1.54, 1.807) is 16.7 Å². The summed E-state index contributed by atoms with van der Waals surface area (Å²) in [5.74, 6) is 0. The lowest BCUT2D eigenvalue weighted by molar-refractivity contribution is 0.384. The van der Waals surface area contributed by atoms with Crippen molar-refractivity contribution in [2.24, 2.45) is 0 Å². The van der Waals surface area contributed by atoms with Gasteiger partial charge in [-0.3, -0.25) is 0 Å². The van der Waals surface area contributed by atoms with E-state index in [0.717, 1.165) is 0 Å². The van der Waals surface area contributed by atoms with Gasteiger partial charge in [0.2, 0.25) is 0 Å². The van der Waals surface area contributed by atoms with E-state index >= 15 is 0 Å². The van der Waals surface area contributed by atoms with Gasteiger partial charge in [0.1, 0.15) is 7.31 Å². The Bertz CT molecular complexity index is 58.5. The SMILES string of the molecule is [B][B]N(C)CN([B])C. The molecule has 0 aliphatic carbocycles. The molecular formula is C3H8B3N2. The van der Waals surface area contributed by atoms with Crippen molar-refractivity contribution in [3.05, 3.63) is 0 Å². The normalized spacial score (nSPS) is 10.5.